The zero-order valence-corrected chi connectivity index (χ0v) is 14.1. The number of rotatable bonds is 2. The van der Waals surface area contributed by atoms with Gasteiger partial charge in [-0.2, -0.15) is 0 Å². The minimum atomic E-state index is -0.882. The molecule has 0 radical (unpaired) electrons. The molecule has 0 aromatic carbocycles. The number of aliphatic carboxylic acids is 1. The predicted molar refractivity (Wildman–Crippen MR) is 84.2 cm³/mol. The lowest BCUT2D eigenvalue weighted by Gasteiger charge is -2.53. The average molecular weight is 322 g/mol. The molecule has 5 nitrogen and oxygen atoms in total. The van der Waals surface area contributed by atoms with Gasteiger partial charge in [0.2, 0.25) is 0 Å². The Morgan fingerprint density at radius 2 is 2.00 bits per heavy atom. The lowest BCUT2D eigenvalue weighted by molar-refractivity contribution is -0.159. The number of carbonyl (C=O) groups is 2. The van der Waals surface area contributed by atoms with Crippen LogP contribution in [0.2, 0.25) is 0 Å². The summed E-state index contributed by atoms with van der Waals surface area (Å²) in [5.74, 6) is -1.12. The largest absolute Gasteiger partial charge is 0.480 e. The molecule has 1 aliphatic heterocycles. The third-order valence-corrected chi connectivity index (χ3v) is 6.10. The Balaban J connectivity index is 1.81. The van der Waals surface area contributed by atoms with E-state index in [4.69, 9.17) is 0 Å². The van der Waals surface area contributed by atoms with E-state index in [0.29, 0.717) is 12.2 Å². The molecular weight excluding hydrogens is 300 g/mol. The average Bonchev–Trinajstić information content (AvgIpc) is 3.04. The molecule has 1 saturated carbocycles. The van der Waals surface area contributed by atoms with Crippen LogP contribution in [0.25, 0.3) is 0 Å². The zero-order valence-electron chi connectivity index (χ0n) is 13.3. The van der Waals surface area contributed by atoms with Gasteiger partial charge < -0.3 is 10.0 Å². The summed E-state index contributed by atoms with van der Waals surface area (Å²) in [5, 5.41) is 12.2. The Bertz CT molecular complexity index is 611. The Kier molecular flexibility index (Phi) is 3.55. The molecule has 1 saturated heterocycles. The third kappa shape index (κ3) is 2.33. The summed E-state index contributed by atoms with van der Waals surface area (Å²) in [5.41, 5.74) is 0.0931. The monoisotopic (exact) mass is 322 g/mol. The fourth-order valence-corrected chi connectivity index (χ4v) is 4.58. The van der Waals surface area contributed by atoms with E-state index in [1.807, 2.05) is 0 Å². The van der Waals surface area contributed by atoms with Crippen molar-refractivity contribution in [2.24, 2.45) is 5.41 Å². The van der Waals surface area contributed by atoms with Gasteiger partial charge in [0.15, 0.2) is 0 Å². The number of carboxylic acid groups (broad SMARTS) is 1. The first-order valence-corrected chi connectivity index (χ1v) is 8.62. The van der Waals surface area contributed by atoms with Crippen LogP contribution >= 0.6 is 11.3 Å². The molecule has 1 aromatic rings. The van der Waals surface area contributed by atoms with Crippen LogP contribution in [-0.2, 0) is 10.2 Å². The summed E-state index contributed by atoms with van der Waals surface area (Å²) >= 11 is 1.46. The number of nitrogens with zero attached hydrogens (tertiary/aromatic N) is 2. The highest BCUT2D eigenvalue weighted by Gasteiger charge is 2.59. The number of thiazole rings is 1. The first-order valence-electron chi connectivity index (χ1n) is 7.74. The molecule has 6 heteroatoms. The topological polar surface area (TPSA) is 70.5 Å². The highest BCUT2D eigenvalue weighted by atomic mass is 32.1. The second kappa shape index (κ2) is 5.05. The molecule has 1 spiro atoms. The number of likely N-dealkylation sites (tertiary alicyclic amines) is 1. The van der Waals surface area contributed by atoms with Gasteiger partial charge in [0.05, 0.1) is 5.01 Å². The summed E-state index contributed by atoms with van der Waals surface area (Å²) in [7, 11) is 0. The van der Waals surface area contributed by atoms with Gasteiger partial charge in [-0.05, 0) is 12.8 Å². The maximum Gasteiger partial charge on any atom is 0.327 e. The second-order valence-corrected chi connectivity index (χ2v) is 8.39. The summed E-state index contributed by atoms with van der Waals surface area (Å²) in [4.78, 5) is 30.2. The first kappa shape index (κ1) is 15.5. The van der Waals surface area contributed by atoms with Crippen molar-refractivity contribution in [3.05, 3.63) is 16.1 Å². The van der Waals surface area contributed by atoms with E-state index in [9.17, 15) is 14.7 Å². The molecule has 0 bridgehead atoms. The van der Waals surface area contributed by atoms with Gasteiger partial charge in [0, 0.05) is 22.8 Å². The van der Waals surface area contributed by atoms with E-state index < -0.39 is 12.0 Å². The van der Waals surface area contributed by atoms with Gasteiger partial charge in [0.25, 0.3) is 5.91 Å². The number of carbonyl (C=O) groups excluding carboxylic acids is 1. The summed E-state index contributed by atoms with van der Waals surface area (Å²) in [6.07, 6.45) is 3.96. The van der Waals surface area contributed by atoms with E-state index >= 15 is 0 Å². The molecule has 3 rings (SSSR count). The van der Waals surface area contributed by atoms with Crippen LogP contribution in [0.3, 0.4) is 0 Å². The maximum atomic E-state index is 12.6. The molecule has 0 unspecified atom stereocenters. The Morgan fingerprint density at radius 1 is 1.36 bits per heavy atom. The SMILES string of the molecule is CC(C)(C)c1nc(C(=O)N2CC3(CCCC3)[C@H]2C(=O)O)cs1. The van der Waals surface area contributed by atoms with Crippen LogP contribution in [-0.4, -0.2) is 39.5 Å². The van der Waals surface area contributed by atoms with Crippen LogP contribution in [0.4, 0.5) is 0 Å². The number of aromatic nitrogens is 1. The molecule has 1 atom stereocenters. The molecule has 120 valence electrons. The molecule has 1 aromatic heterocycles. The minimum Gasteiger partial charge on any atom is -0.480 e. The van der Waals surface area contributed by atoms with Crippen LogP contribution < -0.4 is 0 Å². The fraction of sp³-hybridized carbons (Fsp3) is 0.688. The molecule has 1 amide bonds. The van der Waals surface area contributed by atoms with E-state index in [-0.39, 0.29) is 16.7 Å². The van der Waals surface area contributed by atoms with E-state index in [2.05, 4.69) is 25.8 Å². The Morgan fingerprint density at radius 3 is 2.50 bits per heavy atom. The molecule has 22 heavy (non-hydrogen) atoms. The van der Waals surface area contributed by atoms with Crippen molar-refractivity contribution >= 4 is 23.2 Å². The van der Waals surface area contributed by atoms with E-state index in [1.54, 1.807) is 5.38 Å². The Labute approximate surface area is 134 Å². The van der Waals surface area contributed by atoms with Crippen molar-refractivity contribution in [1.29, 1.82) is 0 Å². The van der Waals surface area contributed by atoms with Gasteiger partial charge in [-0.25, -0.2) is 9.78 Å². The highest BCUT2D eigenvalue weighted by Crippen LogP contribution is 2.51. The van der Waals surface area contributed by atoms with Crippen molar-refractivity contribution in [1.82, 2.24) is 9.88 Å². The van der Waals surface area contributed by atoms with Gasteiger partial charge in [0.1, 0.15) is 11.7 Å². The summed E-state index contributed by atoms with van der Waals surface area (Å²) in [6, 6.07) is -0.678. The Hall–Kier alpha value is -1.43. The van der Waals surface area contributed by atoms with Crippen molar-refractivity contribution < 1.29 is 14.7 Å². The van der Waals surface area contributed by atoms with Crippen LogP contribution in [0.15, 0.2) is 5.38 Å². The van der Waals surface area contributed by atoms with E-state index in [0.717, 1.165) is 30.7 Å². The van der Waals surface area contributed by atoms with Crippen molar-refractivity contribution in [2.75, 3.05) is 6.54 Å². The fourth-order valence-electron chi connectivity index (χ4n) is 3.69. The van der Waals surface area contributed by atoms with Crippen LogP contribution in [0.5, 0.6) is 0 Å². The zero-order chi connectivity index (χ0) is 16.1. The summed E-state index contributed by atoms with van der Waals surface area (Å²) < 4.78 is 0. The highest BCUT2D eigenvalue weighted by molar-refractivity contribution is 7.10. The number of hydrogen-bond donors (Lipinski definition) is 1. The van der Waals surface area contributed by atoms with Crippen LogP contribution in [0, 0.1) is 5.41 Å². The third-order valence-electron chi connectivity index (χ3n) is 4.84. The number of carboxylic acids is 1. The lowest BCUT2D eigenvalue weighted by atomic mass is 9.70. The normalized spacial score (nSPS) is 23.6. The summed E-state index contributed by atoms with van der Waals surface area (Å²) in [6.45, 7) is 6.72. The van der Waals surface area contributed by atoms with Crippen molar-refractivity contribution in [2.45, 2.75) is 57.9 Å². The lowest BCUT2D eigenvalue weighted by Crippen LogP contribution is -2.68. The number of amides is 1. The van der Waals surface area contributed by atoms with Gasteiger partial charge in [-0.3, -0.25) is 4.79 Å². The molecular formula is C16H22N2O3S. The second-order valence-electron chi connectivity index (χ2n) is 7.53. The first-order chi connectivity index (χ1) is 10.2. The van der Waals surface area contributed by atoms with Gasteiger partial charge in [-0.15, -0.1) is 11.3 Å². The quantitative estimate of drug-likeness (QED) is 0.909. The molecule has 2 heterocycles. The van der Waals surface area contributed by atoms with E-state index in [1.165, 1.54) is 16.2 Å². The molecule has 1 aliphatic carbocycles. The number of hydrogen-bond acceptors (Lipinski definition) is 4. The molecule has 2 fully saturated rings. The van der Waals surface area contributed by atoms with Crippen LogP contribution in [0.1, 0.15) is 62.0 Å². The smallest absolute Gasteiger partial charge is 0.327 e. The standard InChI is InChI=1S/C16H22N2O3S/c1-15(2,3)14-17-10(8-22-14)12(19)18-9-16(6-4-5-7-16)11(18)13(20)21/h8,11H,4-7,9H2,1-3H3,(H,20,21)/t11-/m1/s1. The van der Waals surface area contributed by atoms with Gasteiger partial charge >= 0.3 is 5.97 Å². The van der Waals surface area contributed by atoms with Gasteiger partial charge in [-0.1, -0.05) is 33.6 Å². The minimum absolute atomic E-state index is 0.100. The van der Waals surface area contributed by atoms with Crippen molar-refractivity contribution in [3.8, 4) is 0 Å². The molecule has 1 N–H and O–H groups in total. The van der Waals surface area contributed by atoms with Crippen molar-refractivity contribution in [3.63, 3.8) is 0 Å². The maximum absolute atomic E-state index is 12.6. The predicted octanol–water partition coefficient (Wildman–Crippen LogP) is 2.91. The molecule has 2 aliphatic rings.